The zero-order valence-electron chi connectivity index (χ0n) is 10.8. The fourth-order valence-corrected chi connectivity index (χ4v) is 3.57. The van der Waals surface area contributed by atoms with E-state index in [1.54, 1.807) is 0 Å². The maximum atomic E-state index is 11.0. The van der Waals surface area contributed by atoms with E-state index in [9.17, 15) is 5.11 Å². The third-order valence-corrected chi connectivity index (χ3v) is 5.08. The molecule has 0 heterocycles. The van der Waals surface area contributed by atoms with E-state index < -0.39 is 5.60 Å². The molecule has 16 heavy (non-hydrogen) atoms. The molecule has 90 valence electrons. The van der Waals surface area contributed by atoms with Crippen LogP contribution in [-0.4, -0.2) is 10.7 Å². The van der Waals surface area contributed by atoms with Crippen molar-refractivity contribution in [3.8, 4) is 0 Å². The number of fused-ring (bicyclic) bond motifs is 1. The molecule has 0 amide bonds. The molecule has 1 heteroatoms. The van der Waals surface area contributed by atoms with Gasteiger partial charge in [-0.1, -0.05) is 25.2 Å². The van der Waals surface area contributed by atoms with Crippen molar-refractivity contribution >= 4 is 0 Å². The molecule has 1 N–H and O–H groups in total. The third-order valence-electron chi connectivity index (χ3n) is 5.08. The Morgan fingerprint density at radius 2 is 2.19 bits per heavy atom. The topological polar surface area (TPSA) is 20.2 Å². The van der Waals surface area contributed by atoms with Crippen LogP contribution >= 0.6 is 0 Å². The van der Waals surface area contributed by atoms with E-state index in [0.29, 0.717) is 5.92 Å². The average molecular weight is 220 g/mol. The molecule has 1 nitrogen and oxygen atoms in total. The van der Waals surface area contributed by atoms with E-state index >= 15 is 0 Å². The van der Waals surface area contributed by atoms with Gasteiger partial charge in [-0.3, -0.25) is 0 Å². The Bertz CT molecular complexity index is 341. The Hall–Kier alpha value is -0.560. The van der Waals surface area contributed by atoms with Gasteiger partial charge in [0.05, 0.1) is 5.60 Å². The molecule has 2 aliphatic carbocycles. The zero-order chi connectivity index (χ0) is 12.0. The van der Waals surface area contributed by atoms with E-state index in [4.69, 9.17) is 0 Å². The molecular formula is C15H24O. The molecule has 2 aliphatic rings. The standard InChI is InChI=1S/C15H24O/c1-11(2)13-7-9-14(4)8-5-6-12(3)15(14,16)10-13/h6,13,16H,1,5,7-10H2,2-4H3. The van der Waals surface area contributed by atoms with Crippen molar-refractivity contribution in [2.75, 3.05) is 0 Å². The molecule has 2 rings (SSSR count). The SMILES string of the molecule is C=C(C)C1CCC2(C)CCC=C(C)C2(O)C1. The summed E-state index contributed by atoms with van der Waals surface area (Å²) in [5.41, 5.74) is 1.94. The summed E-state index contributed by atoms with van der Waals surface area (Å²) in [4.78, 5) is 0. The van der Waals surface area contributed by atoms with Crippen LogP contribution < -0.4 is 0 Å². The molecule has 0 radical (unpaired) electrons. The molecule has 0 saturated heterocycles. The molecule has 3 unspecified atom stereocenters. The molecule has 0 bridgehead atoms. The lowest BCUT2D eigenvalue weighted by atomic mass is 9.54. The maximum absolute atomic E-state index is 11.0. The van der Waals surface area contributed by atoms with Crippen molar-refractivity contribution in [3.63, 3.8) is 0 Å². The first-order valence-electron chi connectivity index (χ1n) is 6.44. The average Bonchev–Trinajstić information content (AvgIpc) is 2.20. The molecular weight excluding hydrogens is 196 g/mol. The Kier molecular flexibility index (Phi) is 2.78. The molecule has 1 fully saturated rings. The van der Waals surface area contributed by atoms with Gasteiger partial charge < -0.3 is 5.11 Å². The smallest absolute Gasteiger partial charge is 0.0913 e. The highest BCUT2D eigenvalue weighted by molar-refractivity contribution is 5.26. The maximum Gasteiger partial charge on any atom is 0.0913 e. The number of aliphatic hydroxyl groups is 1. The highest BCUT2D eigenvalue weighted by Gasteiger charge is 2.52. The first kappa shape index (κ1) is 11.9. The van der Waals surface area contributed by atoms with Crippen LogP contribution in [-0.2, 0) is 0 Å². The molecule has 0 aromatic rings. The first-order chi connectivity index (χ1) is 7.39. The summed E-state index contributed by atoms with van der Waals surface area (Å²) in [5.74, 6) is 0.500. The van der Waals surface area contributed by atoms with Crippen LogP contribution in [0, 0.1) is 11.3 Å². The lowest BCUT2D eigenvalue weighted by Crippen LogP contribution is -2.53. The van der Waals surface area contributed by atoms with Gasteiger partial charge in [0.2, 0.25) is 0 Å². The molecule has 0 aromatic carbocycles. The number of allylic oxidation sites excluding steroid dienone is 2. The second-order valence-electron chi connectivity index (χ2n) is 6.13. The van der Waals surface area contributed by atoms with Crippen LogP contribution in [0.15, 0.2) is 23.8 Å². The summed E-state index contributed by atoms with van der Waals surface area (Å²) in [6.45, 7) is 10.5. The van der Waals surface area contributed by atoms with Crippen LogP contribution in [0.4, 0.5) is 0 Å². The Labute approximate surface area is 99.3 Å². The van der Waals surface area contributed by atoms with Crippen molar-refractivity contribution in [2.24, 2.45) is 11.3 Å². The van der Waals surface area contributed by atoms with Crippen molar-refractivity contribution in [2.45, 2.75) is 58.5 Å². The molecule has 0 aliphatic heterocycles. The van der Waals surface area contributed by atoms with E-state index in [-0.39, 0.29) is 5.41 Å². The predicted octanol–water partition coefficient (Wildman–Crippen LogP) is 3.84. The lowest BCUT2D eigenvalue weighted by Gasteiger charge is -2.54. The summed E-state index contributed by atoms with van der Waals surface area (Å²) in [6, 6.07) is 0. The normalized spacial score (nSPS) is 43.5. The van der Waals surface area contributed by atoms with Gasteiger partial charge in [0, 0.05) is 5.41 Å². The van der Waals surface area contributed by atoms with E-state index in [1.807, 2.05) is 0 Å². The molecule has 0 spiro atoms. The predicted molar refractivity (Wildman–Crippen MR) is 68.2 cm³/mol. The van der Waals surface area contributed by atoms with Gasteiger partial charge in [0.25, 0.3) is 0 Å². The van der Waals surface area contributed by atoms with E-state index in [2.05, 4.69) is 33.4 Å². The summed E-state index contributed by atoms with van der Waals surface area (Å²) in [7, 11) is 0. The second-order valence-corrected chi connectivity index (χ2v) is 6.13. The summed E-state index contributed by atoms with van der Waals surface area (Å²) in [6.07, 6.45) is 7.68. The quantitative estimate of drug-likeness (QED) is 0.666. The van der Waals surface area contributed by atoms with Crippen LogP contribution in [0.1, 0.15) is 52.9 Å². The minimum Gasteiger partial charge on any atom is -0.385 e. The Morgan fingerprint density at radius 3 is 2.81 bits per heavy atom. The second kappa shape index (κ2) is 3.73. The number of rotatable bonds is 1. The fourth-order valence-electron chi connectivity index (χ4n) is 3.57. The van der Waals surface area contributed by atoms with Crippen LogP contribution in [0.2, 0.25) is 0 Å². The van der Waals surface area contributed by atoms with Gasteiger partial charge in [0.1, 0.15) is 0 Å². The lowest BCUT2D eigenvalue weighted by molar-refractivity contribution is -0.0974. The number of hydrogen-bond acceptors (Lipinski definition) is 1. The van der Waals surface area contributed by atoms with Crippen molar-refractivity contribution in [1.82, 2.24) is 0 Å². The largest absolute Gasteiger partial charge is 0.385 e. The van der Waals surface area contributed by atoms with Crippen molar-refractivity contribution in [1.29, 1.82) is 0 Å². The van der Waals surface area contributed by atoms with Crippen molar-refractivity contribution < 1.29 is 5.11 Å². The highest BCUT2D eigenvalue weighted by Crippen LogP contribution is 2.55. The van der Waals surface area contributed by atoms with Crippen molar-refractivity contribution in [3.05, 3.63) is 23.8 Å². The summed E-state index contributed by atoms with van der Waals surface area (Å²) in [5, 5.41) is 11.0. The van der Waals surface area contributed by atoms with Gasteiger partial charge in [-0.05, 0) is 57.4 Å². The summed E-state index contributed by atoms with van der Waals surface area (Å²) >= 11 is 0. The Balaban J connectivity index is 2.33. The molecule has 3 atom stereocenters. The summed E-state index contributed by atoms with van der Waals surface area (Å²) < 4.78 is 0. The van der Waals surface area contributed by atoms with Gasteiger partial charge in [-0.2, -0.15) is 0 Å². The monoisotopic (exact) mass is 220 g/mol. The van der Waals surface area contributed by atoms with Crippen LogP contribution in [0.5, 0.6) is 0 Å². The number of hydrogen-bond donors (Lipinski definition) is 1. The van der Waals surface area contributed by atoms with Gasteiger partial charge in [-0.25, -0.2) is 0 Å². The van der Waals surface area contributed by atoms with Crippen LogP contribution in [0.3, 0.4) is 0 Å². The minimum atomic E-state index is -0.576. The van der Waals surface area contributed by atoms with Gasteiger partial charge >= 0.3 is 0 Å². The van der Waals surface area contributed by atoms with E-state index in [1.165, 1.54) is 17.6 Å². The van der Waals surface area contributed by atoms with E-state index in [0.717, 1.165) is 25.7 Å². The first-order valence-corrected chi connectivity index (χ1v) is 6.44. The molecule has 1 saturated carbocycles. The van der Waals surface area contributed by atoms with Gasteiger partial charge in [-0.15, -0.1) is 0 Å². The third kappa shape index (κ3) is 1.57. The molecule has 0 aromatic heterocycles. The minimum absolute atomic E-state index is 0.0950. The Morgan fingerprint density at radius 1 is 1.50 bits per heavy atom. The van der Waals surface area contributed by atoms with Gasteiger partial charge in [0.15, 0.2) is 0 Å². The fraction of sp³-hybridized carbons (Fsp3) is 0.733. The van der Waals surface area contributed by atoms with Crippen LogP contribution in [0.25, 0.3) is 0 Å². The zero-order valence-corrected chi connectivity index (χ0v) is 10.8. The highest BCUT2D eigenvalue weighted by atomic mass is 16.3.